The first-order valence-electron chi connectivity index (χ1n) is 9.75. The summed E-state index contributed by atoms with van der Waals surface area (Å²) in [5, 5.41) is 6.69. The van der Waals surface area contributed by atoms with Crippen LogP contribution < -0.4 is 20.1 Å². The SMILES string of the molecule is FC(F)(F)Oc1ccc(Oc2nc(-c3cccnc3)ncc2NC[C@@H]2CCCN2)cc1. The molecule has 1 aromatic carbocycles. The molecule has 1 fully saturated rings. The standard InChI is InChI=1S/C21H20F3N5O2/c22-21(23,24)31-17-7-5-16(6-8-17)30-20-18(27-12-15-4-2-10-26-15)13-28-19(29-20)14-3-1-9-25-11-14/h1,3,5-9,11,13,15,26-27H,2,4,10,12H2/t15-/m0/s1. The summed E-state index contributed by atoms with van der Waals surface area (Å²) in [7, 11) is 0. The van der Waals surface area contributed by atoms with Crippen LogP contribution in [0.25, 0.3) is 11.4 Å². The van der Waals surface area contributed by atoms with Crippen LogP contribution in [0, 0.1) is 0 Å². The normalized spacial score (nSPS) is 16.2. The highest BCUT2D eigenvalue weighted by molar-refractivity contribution is 5.60. The van der Waals surface area contributed by atoms with E-state index in [1.165, 1.54) is 24.3 Å². The monoisotopic (exact) mass is 431 g/mol. The Morgan fingerprint density at radius 3 is 2.58 bits per heavy atom. The van der Waals surface area contributed by atoms with Gasteiger partial charge in [-0.1, -0.05) is 0 Å². The number of benzene rings is 1. The third kappa shape index (κ3) is 5.82. The molecule has 3 aromatic rings. The maximum Gasteiger partial charge on any atom is 0.573 e. The predicted octanol–water partition coefficient (Wildman–Crippen LogP) is 4.39. The van der Waals surface area contributed by atoms with Crippen LogP contribution in [0.5, 0.6) is 17.4 Å². The summed E-state index contributed by atoms with van der Waals surface area (Å²) < 4.78 is 46.9. The van der Waals surface area contributed by atoms with E-state index in [2.05, 4.69) is 30.3 Å². The van der Waals surface area contributed by atoms with Crippen LogP contribution in [0.3, 0.4) is 0 Å². The van der Waals surface area contributed by atoms with Gasteiger partial charge in [0, 0.05) is 30.5 Å². The summed E-state index contributed by atoms with van der Waals surface area (Å²) in [5.74, 6) is 0.664. The van der Waals surface area contributed by atoms with Crippen molar-refractivity contribution in [3.8, 4) is 28.8 Å². The van der Waals surface area contributed by atoms with E-state index < -0.39 is 6.36 Å². The Kier molecular flexibility index (Phi) is 6.17. The van der Waals surface area contributed by atoms with Crippen molar-refractivity contribution in [3.05, 3.63) is 55.0 Å². The van der Waals surface area contributed by atoms with Crippen molar-refractivity contribution >= 4 is 5.69 Å². The molecule has 0 amide bonds. The number of ether oxygens (including phenoxy) is 2. The Bertz CT molecular complexity index is 994. The average molecular weight is 431 g/mol. The highest BCUT2D eigenvalue weighted by atomic mass is 19.4. The second-order valence-electron chi connectivity index (χ2n) is 6.95. The lowest BCUT2D eigenvalue weighted by Gasteiger charge is -2.16. The first-order valence-corrected chi connectivity index (χ1v) is 9.75. The number of hydrogen-bond donors (Lipinski definition) is 2. The third-order valence-corrected chi connectivity index (χ3v) is 4.65. The zero-order valence-corrected chi connectivity index (χ0v) is 16.4. The number of halogens is 3. The molecular weight excluding hydrogens is 411 g/mol. The molecule has 1 saturated heterocycles. The van der Waals surface area contributed by atoms with Gasteiger partial charge in [-0.25, -0.2) is 4.98 Å². The van der Waals surface area contributed by atoms with Gasteiger partial charge in [0.2, 0.25) is 5.88 Å². The molecule has 2 N–H and O–H groups in total. The smallest absolute Gasteiger partial charge is 0.437 e. The Morgan fingerprint density at radius 1 is 1.10 bits per heavy atom. The van der Waals surface area contributed by atoms with E-state index >= 15 is 0 Å². The van der Waals surface area contributed by atoms with Crippen molar-refractivity contribution in [2.75, 3.05) is 18.4 Å². The Labute approximate surface area is 176 Å². The van der Waals surface area contributed by atoms with Crippen molar-refractivity contribution < 1.29 is 22.6 Å². The highest BCUT2D eigenvalue weighted by Gasteiger charge is 2.31. The number of anilines is 1. The quantitative estimate of drug-likeness (QED) is 0.574. The Balaban J connectivity index is 1.56. The number of nitrogens with zero attached hydrogens (tertiary/aromatic N) is 3. The summed E-state index contributed by atoms with van der Waals surface area (Å²) in [6.45, 7) is 1.66. The van der Waals surface area contributed by atoms with Crippen LogP contribution in [0.4, 0.5) is 18.9 Å². The molecule has 7 nitrogen and oxygen atoms in total. The molecule has 0 aliphatic carbocycles. The van der Waals surface area contributed by atoms with Gasteiger partial charge in [0.25, 0.3) is 0 Å². The zero-order valence-electron chi connectivity index (χ0n) is 16.4. The van der Waals surface area contributed by atoms with Gasteiger partial charge in [0.1, 0.15) is 17.2 Å². The second-order valence-corrected chi connectivity index (χ2v) is 6.95. The van der Waals surface area contributed by atoms with Crippen LogP contribution in [-0.2, 0) is 0 Å². The molecule has 162 valence electrons. The highest BCUT2D eigenvalue weighted by Crippen LogP contribution is 2.31. The van der Waals surface area contributed by atoms with Gasteiger partial charge in [-0.05, 0) is 55.8 Å². The fraction of sp³-hybridized carbons (Fsp3) is 0.286. The molecule has 1 atom stereocenters. The molecule has 0 unspecified atom stereocenters. The number of alkyl halides is 3. The first kappa shape index (κ1) is 20.9. The molecule has 2 aromatic heterocycles. The molecule has 1 aliphatic rings. The number of aromatic nitrogens is 3. The lowest BCUT2D eigenvalue weighted by atomic mass is 10.2. The second kappa shape index (κ2) is 9.17. The van der Waals surface area contributed by atoms with Crippen LogP contribution >= 0.6 is 0 Å². The number of rotatable bonds is 7. The van der Waals surface area contributed by atoms with Gasteiger partial charge in [0.05, 0.1) is 6.20 Å². The molecule has 1 aliphatic heterocycles. The van der Waals surface area contributed by atoms with Gasteiger partial charge < -0.3 is 20.1 Å². The van der Waals surface area contributed by atoms with E-state index in [1.807, 2.05) is 6.07 Å². The summed E-state index contributed by atoms with van der Waals surface area (Å²) in [6.07, 6.45) is 2.35. The number of pyridine rings is 1. The summed E-state index contributed by atoms with van der Waals surface area (Å²) >= 11 is 0. The largest absolute Gasteiger partial charge is 0.573 e. The van der Waals surface area contributed by atoms with Crippen molar-refractivity contribution in [1.82, 2.24) is 20.3 Å². The molecule has 0 radical (unpaired) electrons. The molecule has 3 heterocycles. The molecule has 4 rings (SSSR count). The van der Waals surface area contributed by atoms with E-state index in [0.717, 1.165) is 19.4 Å². The van der Waals surface area contributed by atoms with Crippen molar-refractivity contribution in [2.24, 2.45) is 0 Å². The van der Waals surface area contributed by atoms with Gasteiger partial charge in [-0.3, -0.25) is 4.98 Å². The first-order chi connectivity index (χ1) is 15.0. The molecule has 0 spiro atoms. The Morgan fingerprint density at radius 2 is 1.90 bits per heavy atom. The van der Waals surface area contributed by atoms with Crippen LogP contribution in [0.1, 0.15) is 12.8 Å². The fourth-order valence-electron chi connectivity index (χ4n) is 3.18. The zero-order chi connectivity index (χ0) is 21.7. The maximum absolute atomic E-state index is 12.4. The number of nitrogens with one attached hydrogen (secondary N) is 2. The van der Waals surface area contributed by atoms with E-state index in [0.29, 0.717) is 35.4 Å². The summed E-state index contributed by atoms with van der Waals surface area (Å²) in [5.41, 5.74) is 1.29. The molecule has 10 heteroatoms. The molecule has 0 saturated carbocycles. The topological polar surface area (TPSA) is 81.2 Å². The van der Waals surface area contributed by atoms with Crippen molar-refractivity contribution in [3.63, 3.8) is 0 Å². The van der Waals surface area contributed by atoms with Crippen LogP contribution in [-0.4, -0.2) is 40.4 Å². The average Bonchev–Trinajstić information content (AvgIpc) is 3.27. The maximum atomic E-state index is 12.4. The minimum atomic E-state index is -4.75. The van der Waals surface area contributed by atoms with Gasteiger partial charge in [0.15, 0.2) is 5.82 Å². The van der Waals surface area contributed by atoms with Crippen LogP contribution in [0.2, 0.25) is 0 Å². The van der Waals surface area contributed by atoms with Gasteiger partial charge in [-0.2, -0.15) is 4.98 Å². The van der Waals surface area contributed by atoms with Gasteiger partial charge in [-0.15, -0.1) is 13.2 Å². The lowest BCUT2D eigenvalue weighted by molar-refractivity contribution is -0.274. The van der Waals surface area contributed by atoms with Crippen LogP contribution in [0.15, 0.2) is 55.0 Å². The van der Waals surface area contributed by atoms with E-state index in [4.69, 9.17) is 4.74 Å². The van der Waals surface area contributed by atoms with E-state index in [-0.39, 0.29) is 11.6 Å². The van der Waals surface area contributed by atoms with E-state index in [9.17, 15) is 13.2 Å². The minimum Gasteiger partial charge on any atom is -0.437 e. The number of hydrogen-bond acceptors (Lipinski definition) is 7. The fourth-order valence-corrected chi connectivity index (χ4v) is 3.18. The third-order valence-electron chi connectivity index (χ3n) is 4.65. The lowest BCUT2D eigenvalue weighted by Crippen LogP contribution is -2.29. The minimum absolute atomic E-state index is 0.260. The molecule has 31 heavy (non-hydrogen) atoms. The van der Waals surface area contributed by atoms with Crippen molar-refractivity contribution in [2.45, 2.75) is 25.2 Å². The Hall–Kier alpha value is -3.40. The predicted molar refractivity (Wildman–Crippen MR) is 108 cm³/mol. The summed E-state index contributed by atoms with van der Waals surface area (Å²) in [6, 6.07) is 9.07. The summed E-state index contributed by atoms with van der Waals surface area (Å²) in [4.78, 5) is 13.0. The molecular formula is C21H20F3N5O2. The molecule has 0 bridgehead atoms. The van der Waals surface area contributed by atoms with Crippen molar-refractivity contribution in [1.29, 1.82) is 0 Å². The van der Waals surface area contributed by atoms with Gasteiger partial charge >= 0.3 is 6.36 Å². The van der Waals surface area contributed by atoms with E-state index in [1.54, 1.807) is 24.7 Å².